The lowest BCUT2D eigenvalue weighted by atomic mass is 10.1. The molecule has 7 nitrogen and oxygen atoms in total. The molecule has 0 radical (unpaired) electrons. The number of anilines is 1. The molecule has 1 heterocycles. The van der Waals surface area contributed by atoms with E-state index in [2.05, 4.69) is 10.6 Å². The molecule has 0 saturated carbocycles. The van der Waals surface area contributed by atoms with Crippen LogP contribution in [0.4, 0.5) is 5.69 Å². The van der Waals surface area contributed by atoms with Gasteiger partial charge in [-0.1, -0.05) is 24.3 Å². The molecule has 2 amide bonds. The van der Waals surface area contributed by atoms with Gasteiger partial charge in [-0.05, 0) is 29.8 Å². The van der Waals surface area contributed by atoms with Gasteiger partial charge in [0.1, 0.15) is 13.2 Å². The lowest BCUT2D eigenvalue weighted by molar-refractivity contribution is -0.136. The van der Waals surface area contributed by atoms with E-state index in [-0.39, 0.29) is 6.54 Å². The van der Waals surface area contributed by atoms with Crippen LogP contribution < -0.4 is 20.1 Å². The monoisotopic (exact) mass is 342 g/mol. The zero-order chi connectivity index (χ0) is 17.6. The average molecular weight is 342 g/mol. The van der Waals surface area contributed by atoms with Crippen molar-refractivity contribution in [1.29, 1.82) is 0 Å². The first-order chi connectivity index (χ1) is 12.1. The number of para-hydroxylation sites is 1. The molecular weight excluding hydrogens is 324 g/mol. The van der Waals surface area contributed by atoms with E-state index in [0.717, 1.165) is 0 Å². The molecular formula is C18H18N2O5. The lowest BCUT2D eigenvalue weighted by Crippen LogP contribution is -2.37. The van der Waals surface area contributed by atoms with E-state index in [1.54, 1.807) is 48.5 Å². The highest BCUT2D eigenvalue weighted by Gasteiger charge is 2.18. The van der Waals surface area contributed by atoms with Crippen LogP contribution in [-0.4, -0.2) is 36.7 Å². The van der Waals surface area contributed by atoms with Crippen LogP contribution in [0, 0.1) is 0 Å². The van der Waals surface area contributed by atoms with Crippen LogP contribution in [0.15, 0.2) is 48.5 Å². The van der Waals surface area contributed by atoms with Crippen molar-refractivity contribution in [1.82, 2.24) is 5.32 Å². The first-order valence-electron chi connectivity index (χ1n) is 7.85. The number of hydrogen-bond acceptors (Lipinski definition) is 5. The highest BCUT2D eigenvalue weighted by atomic mass is 16.6. The first kappa shape index (κ1) is 16.8. The molecule has 0 bridgehead atoms. The number of aliphatic hydroxyl groups is 1. The summed E-state index contributed by atoms with van der Waals surface area (Å²) in [6.45, 7) is 0.838. The molecule has 1 aliphatic heterocycles. The highest BCUT2D eigenvalue weighted by Crippen LogP contribution is 2.32. The predicted molar refractivity (Wildman–Crippen MR) is 90.5 cm³/mol. The van der Waals surface area contributed by atoms with Crippen molar-refractivity contribution in [2.75, 3.05) is 25.1 Å². The number of rotatable bonds is 4. The fraction of sp³-hybridized carbons (Fsp3) is 0.222. The molecule has 2 aromatic carbocycles. The van der Waals surface area contributed by atoms with E-state index in [0.29, 0.717) is 36.0 Å². The van der Waals surface area contributed by atoms with Gasteiger partial charge in [-0.2, -0.15) is 0 Å². The van der Waals surface area contributed by atoms with Gasteiger partial charge in [0.2, 0.25) is 0 Å². The molecule has 130 valence electrons. The summed E-state index contributed by atoms with van der Waals surface area (Å²) in [7, 11) is 0. The number of nitrogens with one attached hydrogen (secondary N) is 2. The first-order valence-corrected chi connectivity index (χ1v) is 7.85. The fourth-order valence-corrected chi connectivity index (χ4v) is 2.36. The molecule has 0 aliphatic carbocycles. The number of fused-ring (bicyclic) bond motifs is 1. The fourth-order valence-electron chi connectivity index (χ4n) is 2.36. The predicted octanol–water partition coefficient (Wildman–Crippen LogP) is 1.25. The minimum atomic E-state index is -0.968. The molecule has 0 fully saturated rings. The van der Waals surface area contributed by atoms with Gasteiger partial charge in [-0.25, -0.2) is 0 Å². The summed E-state index contributed by atoms with van der Waals surface area (Å²) in [5, 5.41) is 15.1. The number of amides is 2. The second kappa shape index (κ2) is 7.67. The van der Waals surface area contributed by atoms with Crippen molar-refractivity contribution in [2.45, 2.75) is 6.10 Å². The van der Waals surface area contributed by atoms with Gasteiger partial charge in [0, 0.05) is 12.2 Å². The van der Waals surface area contributed by atoms with Crippen molar-refractivity contribution >= 4 is 17.5 Å². The highest BCUT2D eigenvalue weighted by molar-refractivity contribution is 6.39. The number of carbonyl (C=O) groups is 2. The maximum Gasteiger partial charge on any atom is 0.313 e. The number of aliphatic hydroxyl groups excluding tert-OH is 1. The Balaban J connectivity index is 1.54. The van der Waals surface area contributed by atoms with E-state index in [1.807, 2.05) is 0 Å². The summed E-state index contributed by atoms with van der Waals surface area (Å²) in [4.78, 5) is 23.6. The molecule has 25 heavy (non-hydrogen) atoms. The van der Waals surface area contributed by atoms with Crippen LogP contribution in [-0.2, 0) is 9.59 Å². The van der Waals surface area contributed by atoms with E-state index in [1.165, 1.54) is 0 Å². The van der Waals surface area contributed by atoms with Crippen molar-refractivity contribution < 1.29 is 24.2 Å². The maximum atomic E-state index is 11.8. The van der Waals surface area contributed by atoms with E-state index < -0.39 is 17.9 Å². The Morgan fingerprint density at radius 2 is 1.72 bits per heavy atom. The molecule has 0 saturated heterocycles. The third-order valence-electron chi connectivity index (χ3n) is 3.64. The van der Waals surface area contributed by atoms with E-state index in [4.69, 9.17) is 9.47 Å². The Hall–Kier alpha value is -3.06. The van der Waals surface area contributed by atoms with Crippen LogP contribution in [0.1, 0.15) is 11.7 Å². The van der Waals surface area contributed by atoms with Crippen molar-refractivity contribution in [3.63, 3.8) is 0 Å². The Morgan fingerprint density at radius 3 is 2.48 bits per heavy atom. The lowest BCUT2D eigenvalue weighted by Gasteiger charge is -2.20. The Kier molecular flexibility index (Phi) is 5.15. The molecule has 7 heteroatoms. The van der Waals surface area contributed by atoms with Gasteiger partial charge >= 0.3 is 11.8 Å². The maximum absolute atomic E-state index is 11.8. The van der Waals surface area contributed by atoms with Gasteiger partial charge in [0.25, 0.3) is 0 Å². The Labute approximate surface area is 144 Å². The normalized spacial score (nSPS) is 13.6. The summed E-state index contributed by atoms with van der Waals surface area (Å²) in [6.07, 6.45) is -0.968. The molecule has 0 aromatic heterocycles. The zero-order valence-electron chi connectivity index (χ0n) is 13.4. The topological polar surface area (TPSA) is 96.9 Å². The molecule has 1 atom stereocenters. The summed E-state index contributed by atoms with van der Waals surface area (Å²) in [5.74, 6) is -0.439. The molecule has 2 aromatic rings. The second-order valence-electron chi connectivity index (χ2n) is 5.45. The summed E-state index contributed by atoms with van der Waals surface area (Å²) < 4.78 is 10.9. The number of carbonyl (C=O) groups excluding carboxylic acids is 2. The van der Waals surface area contributed by atoms with Crippen LogP contribution >= 0.6 is 0 Å². The second-order valence-corrected chi connectivity index (χ2v) is 5.45. The smallest absolute Gasteiger partial charge is 0.313 e. The van der Waals surface area contributed by atoms with Gasteiger partial charge in [0.05, 0.1) is 6.10 Å². The summed E-state index contributed by atoms with van der Waals surface area (Å²) in [6, 6.07) is 13.7. The van der Waals surface area contributed by atoms with Gasteiger partial charge in [-0.3, -0.25) is 9.59 Å². The van der Waals surface area contributed by atoms with E-state index in [9.17, 15) is 14.7 Å². The quantitative estimate of drug-likeness (QED) is 0.727. The third-order valence-corrected chi connectivity index (χ3v) is 3.64. The molecule has 1 aliphatic rings. The van der Waals surface area contributed by atoms with Crippen LogP contribution in [0.5, 0.6) is 11.5 Å². The van der Waals surface area contributed by atoms with Crippen molar-refractivity contribution in [3.8, 4) is 11.5 Å². The van der Waals surface area contributed by atoms with Crippen molar-refractivity contribution in [2.24, 2.45) is 0 Å². The molecule has 3 rings (SSSR count). The summed E-state index contributed by atoms with van der Waals surface area (Å²) >= 11 is 0. The number of hydrogen-bond donors (Lipinski definition) is 3. The Morgan fingerprint density at radius 1 is 1.00 bits per heavy atom. The average Bonchev–Trinajstić information content (AvgIpc) is 2.66. The summed E-state index contributed by atoms with van der Waals surface area (Å²) in [5.41, 5.74) is 1.09. The minimum absolute atomic E-state index is 0.0965. The zero-order valence-corrected chi connectivity index (χ0v) is 13.4. The van der Waals surface area contributed by atoms with Crippen LogP contribution in [0.25, 0.3) is 0 Å². The molecule has 0 unspecified atom stereocenters. The number of ether oxygens (including phenoxy) is 2. The van der Waals surface area contributed by atoms with Gasteiger partial charge in [0.15, 0.2) is 11.5 Å². The molecule has 3 N–H and O–H groups in total. The van der Waals surface area contributed by atoms with Gasteiger partial charge < -0.3 is 25.2 Å². The third kappa shape index (κ3) is 4.27. The standard InChI is InChI=1S/C18H18N2O5/c21-14(12-6-7-15-16(10-12)25-9-8-24-15)11-19-17(22)18(23)20-13-4-2-1-3-5-13/h1-7,10,14,21H,8-9,11H2,(H,19,22)(H,20,23)/t14-/m0/s1. The molecule has 0 spiro atoms. The Bertz CT molecular complexity index is 763. The largest absolute Gasteiger partial charge is 0.486 e. The SMILES string of the molecule is O=C(NC[C@H](O)c1ccc2c(c1)OCCO2)C(=O)Nc1ccccc1. The van der Waals surface area contributed by atoms with Crippen LogP contribution in [0.3, 0.4) is 0 Å². The van der Waals surface area contributed by atoms with E-state index >= 15 is 0 Å². The minimum Gasteiger partial charge on any atom is -0.486 e. The van der Waals surface area contributed by atoms with Crippen LogP contribution in [0.2, 0.25) is 0 Å². The number of benzene rings is 2. The van der Waals surface area contributed by atoms with Crippen molar-refractivity contribution in [3.05, 3.63) is 54.1 Å². The van der Waals surface area contributed by atoms with Gasteiger partial charge in [-0.15, -0.1) is 0 Å².